The van der Waals surface area contributed by atoms with Crippen molar-refractivity contribution in [3.8, 4) is 0 Å². The van der Waals surface area contributed by atoms with Crippen molar-refractivity contribution in [3.63, 3.8) is 0 Å². The Balaban J connectivity index is 1.34. The van der Waals surface area contributed by atoms with E-state index in [0.717, 1.165) is 12.0 Å². The number of imidazole rings is 1. The number of oxime groups is 1. The molecule has 2 unspecified atom stereocenters. The highest BCUT2D eigenvalue weighted by atomic mass is 16.6. The molecule has 0 saturated carbocycles. The second-order valence-electron chi connectivity index (χ2n) is 7.28. The number of aromatic nitrogens is 2. The smallest absolute Gasteiger partial charge is 0.408 e. The van der Waals surface area contributed by atoms with Crippen LogP contribution >= 0.6 is 0 Å². The SMILES string of the molecule is O=C(NC(CNC(=O)C1=NOC(CCCNc2ncc[nH]2)C1)C(=O)O)OCc1ccccc1. The number of carboxylic acids is 1. The van der Waals surface area contributed by atoms with E-state index in [0.29, 0.717) is 25.3 Å². The number of benzene rings is 1. The number of hydrogen-bond acceptors (Lipinski definition) is 8. The molecule has 2 atom stereocenters. The van der Waals surface area contributed by atoms with Crippen molar-refractivity contribution < 1.29 is 29.1 Å². The second-order valence-corrected chi connectivity index (χ2v) is 7.28. The molecular weight excluding hydrogens is 432 g/mol. The summed E-state index contributed by atoms with van der Waals surface area (Å²) in [7, 11) is 0. The van der Waals surface area contributed by atoms with Crippen molar-refractivity contribution in [2.24, 2.45) is 5.16 Å². The fraction of sp³-hybridized carbons (Fsp3) is 0.381. The number of nitrogens with zero attached hydrogens (tertiary/aromatic N) is 2. The first-order valence-corrected chi connectivity index (χ1v) is 10.5. The minimum absolute atomic E-state index is 0.00205. The standard InChI is InChI=1S/C21H26N6O6/c28-18(16-11-15(33-27-16)7-4-8-22-20-23-9-10-24-20)25-12-17(19(29)30)26-21(31)32-13-14-5-2-1-3-6-14/h1-3,5-6,9-10,15,17H,4,7-8,11-13H2,(H,25,28)(H,26,31)(H,29,30)(H2,22,23,24). The van der Waals surface area contributed by atoms with E-state index in [2.05, 4.69) is 31.1 Å². The third-order valence-electron chi connectivity index (χ3n) is 4.76. The molecule has 0 fully saturated rings. The van der Waals surface area contributed by atoms with Gasteiger partial charge in [-0.2, -0.15) is 0 Å². The minimum Gasteiger partial charge on any atom is -0.480 e. The average molecular weight is 458 g/mol. The Kier molecular flexibility index (Phi) is 8.63. The van der Waals surface area contributed by atoms with Crippen molar-refractivity contribution in [1.29, 1.82) is 0 Å². The summed E-state index contributed by atoms with van der Waals surface area (Å²) in [6, 6.07) is 7.61. The molecule has 0 saturated heterocycles. The van der Waals surface area contributed by atoms with Gasteiger partial charge in [0.1, 0.15) is 24.5 Å². The first-order valence-electron chi connectivity index (χ1n) is 10.5. The maximum atomic E-state index is 12.3. The molecule has 1 aliphatic heterocycles. The van der Waals surface area contributed by atoms with Crippen LogP contribution in [0.2, 0.25) is 0 Å². The number of carbonyl (C=O) groups excluding carboxylic acids is 2. The van der Waals surface area contributed by atoms with Gasteiger partial charge in [-0.1, -0.05) is 35.5 Å². The van der Waals surface area contributed by atoms with Crippen LogP contribution in [0.3, 0.4) is 0 Å². The van der Waals surface area contributed by atoms with E-state index in [-0.39, 0.29) is 25.0 Å². The number of ether oxygens (including phenoxy) is 1. The summed E-state index contributed by atoms with van der Waals surface area (Å²) in [5, 5.41) is 20.9. The molecule has 0 bridgehead atoms. The van der Waals surface area contributed by atoms with E-state index in [4.69, 9.17) is 9.57 Å². The Bertz CT molecular complexity index is 949. The summed E-state index contributed by atoms with van der Waals surface area (Å²) in [5.41, 5.74) is 0.938. The molecule has 12 heteroatoms. The topological polar surface area (TPSA) is 167 Å². The molecule has 2 aromatic rings. The van der Waals surface area contributed by atoms with Crippen molar-refractivity contribution in [2.45, 2.75) is 38.0 Å². The Hall–Kier alpha value is -4.09. The van der Waals surface area contributed by atoms with E-state index < -0.39 is 24.0 Å². The van der Waals surface area contributed by atoms with Gasteiger partial charge in [0.15, 0.2) is 5.95 Å². The number of nitrogens with one attached hydrogen (secondary N) is 4. The normalized spacial score (nSPS) is 15.6. The number of anilines is 1. The largest absolute Gasteiger partial charge is 0.480 e. The number of carboxylic acid groups (broad SMARTS) is 1. The summed E-state index contributed by atoms with van der Waals surface area (Å²) in [4.78, 5) is 48.0. The van der Waals surface area contributed by atoms with Crippen LogP contribution in [0.4, 0.5) is 10.7 Å². The van der Waals surface area contributed by atoms with Gasteiger partial charge in [0.05, 0.1) is 0 Å². The van der Waals surface area contributed by atoms with E-state index in [9.17, 15) is 19.5 Å². The summed E-state index contributed by atoms with van der Waals surface area (Å²) < 4.78 is 5.02. The average Bonchev–Trinajstić information content (AvgIpc) is 3.51. The van der Waals surface area contributed by atoms with Gasteiger partial charge < -0.3 is 35.6 Å². The highest BCUT2D eigenvalue weighted by Gasteiger charge is 2.27. The number of carbonyl (C=O) groups is 3. The molecule has 0 radical (unpaired) electrons. The van der Waals surface area contributed by atoms with Crippen LogP contribution in [0.1, 0.15) is 24.8 Å². The van der Waals surface area contributed by atoms with Crippen LogP contribution in [0, 0.1) is 0 Å². The number of hydrogen-bond donors (Lipinski definition) is 5. The van der Waals surface area contributed by atoms with Crippen molar-refractivity contribution in [1.82, 2.24) is 20.6 Å². The summed E-state index contributed by atoms with van der Waals surface area (Å²) >= 11 is 0. The molecule has 0 spiro atoms. The molecule has 12 nitrogen and oxygen atoms in total. The Labute approximate surface area is 189 Å². The van der Waals surface area contributed by atoms with Crippen molar-refractivity contribution >= 4 is 29.6 Å². The third kappa shape index (κ3) is 7.83. The molecule has 33 heavy (non-hydrogen) atoms. The Morgan fingerprint density at radius 3 is 2.82 bits per heavy atom. The van der Waals surface area contributed by atoms with Gasteiger partial charge >= 0.3 is 12.1 Å². The van der Waals surface area contributed by atoms with Gasteiger partial charge in [-0.3, -0.25) is 4.79 Å². The first kappa shape index (κ1) is 23.6. The maximum Gasteiger partial charge on any atom is 0.408 e. The zero-order valence-corrected chi connectivity index (χ0v) is 17.8. The van der Waals surface area contributed by atoms with E-state index in [1.165, 1.54) is 0 Å². The molecule has 5 N–H and O–H groups in total. The summed E-state index contributed by atoms with van der Waals surface area (Å²) in [5.74, 6) is -1.17. The highest BCUT2D eigenvalue weighted by molar-refractivity contribution is 6.39. The monoisotopic (exact) mass is 458 g/mol. The van der Waals surface area contributed by atoms with Gasteiger partial charge in [-0.05, 0) is 18.4 Å². The van der Waals surface area contributed by atoms with Crippen LogP contribution in [0.15, 0.2) is 47.9 Å². The number of amides is 2. The first-order chi connectivity index (χ1) is 16.0. The summed E-state index contributed by atoms with van der Waals surface area (Å²) in [6.45, 7) is 0.352. The lowest BCUT2D eigenvalue weighted by atomic mass is 10.1. The lowest BCUT2D eigenvalue weighted by Gasteiger charge is -2.15. The van der Waals surface area contributed by atoms with Crippen LogP contribution in [0.25, 0.3) is 0 Å². The molecular formula is C21H26N6O6. The number of alkyl carbamates (subject to hydrolysis) is 1. The predicted octanol–water partition coefficient (Wildman–Crippen LogP) is 1.24. The van der Waals surface area contributed by atoms with Crippen LogP contribution in [-0.4, -0.2) is 64.0 Å². The van der Waals surface area contributed by atoms with Gasteiger partial charge in [0.2, 0.25) is 0 Å². The lowest BCUT2D eigenvalue weighted by molar-refractivity contribution is -0.139. The minimum atomic E-state index is -1.36. The molecule has 2 amide bonds. The Morgan fingerprint density at radius 1 is 1.27 bits per heavy atom. The van der Waals surface area contributed by atoms with Gasteiger partial charge in [0, 0.05) is 31.9 Å². The van der Waals surface area contributed by atoms with Crippen molar-refractivity contribution in [2.75, 3.05) is 18.4 Å². The van der Waals surface area contributed by atoms with E-state index in [1.807, 2.05) is 6.07 Å². The number of aliphatic carboxylic acids is 1. The van der Waals surface area contributed by atoms with Gasteiger partial charge in [0.25, 0.3) is 5.91 Å². The quantitative estimate of drug-likeness (QED) is 0.296. The molecule has 0 aliphatic carbocycles. The predicted molar refractivity (Wildman–Crippen MR) is 117 cm³/mol. The van der Waals surface area contributed by atoms with Gasteiger partial charge in [-0.25, -0.2) is 14.6 Å². The number of aromatic amines is 1. The molecule has 176 valence electrons. The maximum absolute atomic E-state index is 12.3. The van der Waals surface area contributed by atoms with Crippen LogP contribution < -0.4 is 16.0 Å². The molecule has 1 aromatic heterocycles. The Morgan fingerprint density at radius 2 is 2.09 bits per heavy atom. The number of rotatable bonds is 12. The van der Waals surface area contributed by atoms with Gasteiger partial charge in [-0.15, -0.1) is 0 Å². The fourth-order valence-electron chi connectivity index (χ4n) is 3.02. The lowest BCUT2D eigenvalue weighted by Crippen LogP contribution is -2.49. The molecule has 1 aliphatic rings. The highest BCUT2D eigenvalue weighted by Crippen LogP contribution is 2.16. The van der Waals surface area contributed by atoms with E-state index in [1.54, 1.807) is 36.7 Å². The second kappa shape index (κ2) is 12.1. The van der Waals surface area contributed by atoms with Crippen LogP contribution in [0.5, 0.6) is 0 Å². The number of H-pyrrole nitrogens is 1. The van der Waals surface area contributed by atoms with Crippen LogP contribution in [-0.2, 0) is 25.8 Å². The summed E-state index contributed by atoms with van der Waals surface area (Å²) in [6.07, 6.45) is 4.03. The fourth-order valence-corrected chi connectivity index (χ4v) is 3.02. The zero-order valence-electron chi connectivity index (χ0n) is 17.8. The van der Waals surface area contributed by atoms with Crippen molar-refractivity contribution in [3.05, 3.63) is 48.3 Å². The molecule has 3 rings (SSSR count). The third-order valence-corrected chi connectivity index (χ3v) is 4.76. The molecule has 1 aromatic carbocycles. The molecule has 2 heterocycles. The van der Waals surface area contributed by atoms with E-state index >= 15 is 0 Å². The zero-order chi connectivity index (χ0) is 23.5.